The van der Waals surface area contributed by atoms with Crippen molar-refractivity contribution in [3.63, 3.8) is 0 Å². The number of carbonyl (C=O) groups is 3. The monoisotopic (exact) mass is 281 g/mol. The van der Waals surface area contributed by atoms with Crippen molar-refractivity contribution >= 4 is 17.6 Å². The molecule has 2 rings (SSSR count). The van der Waals surface area contributed by atoms with Crippen LogP contribution in [0, 0.1) is 5.92 Å². The lowest BCUT2D eigenvalue weighted by Gasteiger charge is -2.33. The third kappa shape index (κ3) is 3.79. The van der Waals surface area contributed by atoms with Gasteiger partial charge in [0.25, 0.3) is 0 Å². The normalized spacial score (nSPS) is 21.9. The summed E-state index contributed by atoms with van der Waals surface area (Å²) in [7, 11) is 1.66. The smallest absolute Gasteiger partial charge is 0.236 e. The van der Waals surface area contributed by atoms with E-state index in [1.54, 1.807) is 11.9 Å². The van der Waals surface area contributed by atoms with Crippen molar-refractivity contribution in [3.8, 4) is 0 Å². The average Bonchev–Trinajstić information content (AvgIpc) is 2.48. The highest BCUT2D eigenvalue weighted by molar-refractivity contribution is 5.84. The Morgan fingerprint density at radius 3 is 2.30 bits per heavy atom. The molecule has 2 aliphatic rings. The van der Waals surface area contributed by atoms with Crippen LogP contribution >= 0.6 is 0 Å². The number of amides is 2. The van der Waals surface area contributed by atoms with Crippen molar-refractivity contribution in [2.45, 2.75) is 25.7 Å². The molecule has 1 N–H and O–H groups in total. The second-order valence-corrected chi connectivity index (χ2v) is 5.58. The first kappa shape index (κ1) is 15.0. The predicted molar refractivity (Wildman–Crippen MR) is 74.1 cm³/mol. The second-order valence-electron chi connectivity index (χ2n) is 5.58. The summed E-state index contributed by atoms with van der Waals surface area (Å²) in [5.74, 6) is 0.542. The van der Waals surface area contributed by atoms with Crippen LogP contribution in [-0.4, -0.2) is 67.2 Å². The molecule has 6 heteroatoms. The zero-order valence-corrected chi connectivity index (χ0v) is 12.1. The maximum Gasteiger partial charge on any atom is 0.236 e. The number of Topliss-reactive ketones (excluding diaryl/α,β-unsaturated/α-hetero) is 1. The lowest BCUT2D eigenvalue weighted by molar-refractivity contribution is -0.135. The minimum absolute atomic E-state index is 0.0824. The average molecular weight is 281 g/mol. The summed E-state index contributed by atoms with van der Waals surface area (Å²) in [4.78, 5) is 38.7. The molecule has 0 aromatic rings. The maximum atomic E-state index is 12.1. The van der Waals surface area contributed by atoms with Gasteiger partial charge in [-0.25, -0.2) is 0 Å². The van der Waals surface area contributed by atoms with E-state index in [4.69, 9.17) is 0 Å². The third-order valence-corrected chi connectivity index (χ3v) is 4.24. The van der Waals surface area contributed by atoms with Crippen LogP contribution in [0.15, 0.2) is 0 Å². The Labute approximate surface area is 119 Å². The van der Waals surface area contributed by atoms with Gasteiger partial charge in [0.05, 0.1) is 6.54 Å². The maximum absolute atomic E-state index is 12.1. The van der Waals surface area contributed by atoms with Crippen molar-refractivity contribution in [3.05, 3.63) is 0 Å². The van der Waals surface area contributed by atoms with Gasteiger partial charge in [-0.1, -0.05) is 0 Å². The second kappa shape index (κ2) is 6.83. The fraction of sp³-hybridized carbons (Fsp3) is 0.786. The number of likely N-dealkylation sites (tertiary alicyclic amines) is 2. The number of ketones is 1. The van der Waals surface area contributed by atoms with Crippen LogP contribution in [0.2, 0.25) is 0 Å². The third-order valence-electron chi connectivity index (χ3n) is 4.24. The Bertz CT molecular complexity index is 379. The van der Waals surface area contributed by atoms with Crippen LogP contribution < -0.4 is 5.32 Å². The van der Waals surface area contributed by atoms with Crippen molar-refractivity contribution in [1.29, 1.82) is 0 Å². The highest BCUT2D eigenvalue weighted by Crippen LogP contribution is 2.17. The van der Waals surface area contributed by atoms with Gasteiger partial charge in [-0.3, -0.25) is 19.3 Å². The summed E-state index contributed by atoms with van der Waals surface area (Å²) in [6, 6.07) is 0. The summed E-state index contributed by atoms with van der Waals surface area (Å²) in [6.45, 7) is 3.11. The van der Waals surface area contributed by atoms with E-state index in [-0.39, 0.29) is 23.5 Å². The largest absolute Gasteiger partial charge is 0.359 e. The molecule has 0 radical (unpaired) electrons. The summed E-state index contributed by atoms with van der Waals surface area (Å²) in [6.07, 6.45) is 2.60. The Hall–Kier alpha value is -1.43. The molecule has 2 aliphatic heterocycles. The molecule has 0 saturated carbocycles. The lowest BCUT2D eigenvalue weighted by Crippen LogP contribution is -2.47. The van der Waals surface area contributed by atoms with Gasteiger partial charge in [-0.15, -0.1) is 0 Å². The predicted octanol–water partition coefficient (Wildman–Crippen LogP) is -0.364. The molecule has 0 bridgehead atoms. The molecule has 0 atom stereocenters. The molecule has 0 spiro atoms. The fourth-order valence-electron chi connectivity index (χ4n) is 2.85. The SMILES string of the molecule is CNC(=O)C1CCN(CC(=O)N2CCC(=O)CC2)CC1. The van der Waals surface area contributed by atoms with Crippen molar-refractivity contribution in [2.24, 2.45) is 5.92 Å². The van der Waals surface area contributed by atoms with E-state index in [9.17, 15) is 14.4 Å². The van der Waals surface area contributed by atoms with Gasteiger partial charge < -0.3 is 10.2 Å². The molecule has 6 nitrogen and oxygen atoms in total. The Balaban J connectivity index is 1.73. The first-order valence-corrected chi connectivity index (χ1v) is 7.33. The topological polar surface area (TPSA) is 69.7 Å². The van der Waals surface area contributed by atoms with Crippen molar-refractivity contribution < 1.29 is 14.4 Å². The highest BCUT2D eigenvalue weighted by Gasteiger charge is 2.27. The van der Waals surface area contributed by atoms with Crippen LogP contribution in [0.3, 0.4) is 0 Å². The number of nitrogens with zero attached hydrogens (tertiary/aromatic N) is 2. The highest BCUT2D eigenvalue weighted by atomic mass is 16.2. The van der Waals surface area contributed by atoms with Crippen LogP contribution in [-0.2, 0) is 14.4 Å². The zero-order chi connectivity index (χ0) is 14.5. The van der Waals surface area contributed by atoms with E-state index in [2.05, 4.69) is 10.2 Å². The van der Waals surface area contributed by atoms with Gasteiger partial charge in [0, 0.05) is 38.9 Å². The molecule has 0 aliphatic carbocycles. The van der Waals surface area contributed by atoms with E-state index < -0.39 is 0 Å². The van der Waals surface area contributed by atoms with Gasteiger partial charge in [-0.2, -0.15) is 0 Å². The molecule has 0 aromatic heterocycles. The zero-order valence-electron chi connectivity index (χ0n) is 12.1. The molecular formula is C14H23N3O3. The van der Waals surface area contributed by atoms with Gasteiger partial charge in [0.15, 0.2) is 0 Å². The van der Waals surface area contributed by atoms with Gasteiger partial charge in [0.2, 0.25) is 11.8 Å². The van der Waals surface area contributed by atoms with E-state index >= 15 is 0 Å². The Morgan fingerprint density at radius 1 is 1.15 bits per heavy atom. The first-order valence-electron chi connectivity index (χ1n) is 7.33. The van der Waals surface area contributed by atoms with E-state index in [0.717, 1.165) is 25.9 Å². The molecule has 2 saturated heterocycles. The molecule has 0 unspecified atom stereocenters. The lowest BCUT2D eigenvalue weighted by atomic mass is 9.96. The van der Waals surface area contributed by atoms with Gasteiger partial charge in [0.1, 0.15) is 5.78 Å². The van der Waals surface area contributed by atoms with E-state index in [0.29, 0.717) is 32.5 Å². The molecule has 2 amide bonds. The minimum atomic E-state index is 0.0824. The number of hydrogen-bond donors (Lipinski definition) is 1. The molecule has 2 fully saturated rings. The van der Waals surface area contributed by atoms with Gasteiger partial charge >= 0.3 is 0 Å². The summed E-state index contributed by atoms with van der Waals surface area (Å²) >= 11 is 0. The van der Waals surface area contributed by atoms with Crippen molar-refractivity contribution in [2.75, 3.05) is 39.8 Å². The number of nitrogens with one attached hydrogen (secondary N) is 1. The van der Waals surface area contributed by atoms with Crippen LogP contribution in [0.1, 0.15) is 25.7 Å². The first-order chi connectivity index (χ1) is 9.60. The summed E-state index contributed by atoms with van der Waals surface area (Å²) in [5, 5.41) is 2.68. The van der Waals surface area contributed by atoms with Gasteiger partial charge in [-0.05, 0) is 25.9 Å². The minimum Gasteiger partial charge on any atom is -0.359 e. The molecule has 112 valence electrons. The number of piperidine rings is 2. The Morgan fingerprint density at radius 2 is 1.75 bits per heavy atom. The summed E-state index contributed by atoms with van der Waals surface area (Å²) < 4.78 is 0. The number of hydrogen-bond acceptors (Lipinski definition) is 4. The quantitative estimate of drug-likeness (QED) is 0.767. The van der Waals surface area contributed by atoms with Crippen LogP contribution in [0.25, 0.3) is 0 Å². The van der Waals surface area contributed by atoms with Crippen LogP contribution in [0.4, 0.5) is 0 Å². The van der Waals surface area contributed by atoms with Crippen molar-refractivity contribution in [1.82, 2.24) is 15.1 Å². The standard InChI is InChI=1S/C14H23N3O3/c1-15-14(20)11-2-6-16(7-3-11)10-13(19)17-8-4-12(18)5-9-17/h11H,2-10H2,1H3,(H,15,20). The Kier molecular flexibility index (Phi) is 5.11. The molecule has 0 aromatic carbocycles. The van der Waals surface area contributed by atoms with Crippen LogP contribution in [0.5, 0.6) is 0 Å². The fourth-order valence-corrected chi connectivity index (χ4v) is 2.85. The molecular weight excluding hydrogens is 258 g/mol. The molecule has 20 heavy (non-hydrogen) atoms. The molecule has 2 heterocycles. The van der Waals surface area contributed by atoms with E-state index in [1.807, 2.05) is 0 Å². The number of carbonyl (C=O) groups excluding carboxylic acids is 3. The summed E-state index contributed by atoms with van der Waals surface area (Å²) in [5.41, 5.74) is 0. The number of rotatable bonds is 3. The van der Waals surface area contributed by atoms with E-state index in [1.165, 1.54) is 0 Å².